The molecule has 0 amide bonds. The maximum Gasteiger partial charge on any atom is 0.232 e. The van der Waals surface area contributed by atoms with E-state index in [9.17, 15) is 4.39 Å². The third kappa shape index (κ3) is 7.33. The summed E-state index contributed by atoms with van der Waals surface area (Å²) in [5.41, 5.74) is 1.10. The van der Waals surface area contributed by atoms with Gasteiger partial charge in [-0.2, -0.15) is 4.98 Å². The van der Waals surface area contributed by atoms with E-state index in [1.165, 1.54) is 23.9 Å². The highest BCUT2D eigenvalue weighted by atomic mass is 32.2. The van der Waals surface area contributed by atoms with E-state index in [4.69, 9.17) is 17.2 Å². The van der Waals surface area contributed by atoms with Crippen LogP contribution in [0.25, 0.3) is 0 Å². The lowest BCUT2D eigenvalue weighted by Crippen LogP contribution is -2.34. The van der Waals surface area contributed by atoms with Crippen LogP contribution in [0.3, 0.4) is 0 Å². The summed E-state index contributed by atoms with van der Waals surface area (Å²) < 4.78 is 13.0. The molecule has 4 rings (SSSR count). The Hall–Kier alpha value is -2.85. The van der Waals surface area contributed by atoms with Crippen LogP contribution in [0.15, 0.2) is 59.0 Å². The number of benzene rings is 1. The lowest BCUT2D eigenvalue weighted by molar-refractivity contribution is 0.436. The number of nitrogens with zero attached hydrogens (tertiary/aromatic N) is 5. The minimum absolute atomic E-state index is 0.218. The highest BCUT2D eigenvalue weighted by Gasteiger charge is 2.19. The number of piperidine rings is 1. The van der Waals surface area contributed by atoms with Gasteiger partial charge in [-0.15, -0.1) is 0 Å². The van der Waals surface area contributed by atoms with Gasteiger partial charge in [0.25, 0.3) is 0 Å². The summed E-state index contributed by atoms with van der Waals surface area (Å²) in [6, 6.07) is 10.4. The Labute approximate surface area is 209 Å². The number of hydrogen-bond acceptors (Lipinski definition) is 7. The van der Waals surface area contributed by atoms with Crippen LogP contribution in [-0.2, 0) is 6.42 Å². The molecule has 1 fully saturated rings. The second-order valence-corrected chi connectivity index (χ2v) is 9.70. The zero-order valence-corrected chi connectivity index (χ0v) is 20.7. The zero-order valence-electron chi connectivity index (χ0n) is 19.1. The summed E-state index contributed by atoms with van der Waals surface area (Å²) in [5, 5.41) is 8.20. The van der Waals surface area contributed by atoms with Crippen molar-refractivity contribution in [2.75, 3.05) is 29.9 Å². The van der Waals surface area contributed by atoms with E-state index < -0.39 is 0 Å². The molecule has 0 unspecified atom stereocenters. The van der Waals surface area contributed by atoms with Gasteiger partial charge in [0.1, 0.15) is 16.7 Å². The maximum atomic E-state index is 13.0. The Morgan fingerprint density at radius 3 is 2.62 bits per heavy atom. The highest BCUT2D eigenvalue weighted by molar-refractivity contribution is 7.99. The van der Waals surface area contributed by atoms with Crippen LogP contribution < -0.4 is 15.5 Å². The van der Waals surface area contributed by atoms with Gasteiger partial charge in [0.15, 0.2) is 10.3 Å². The van der Waals surface area contributed by atoms with Gasteiger partial charge in [-0.1, -0.05) is 19.1 Å². The Bertz CT molecular complexity index is 1070. The predicted octanol–water partition coefficient (Wildman–Crippen LogP) is 4.71. The van der Waals surface area contributed by atoms with Crippen molar-refractivity contribution in [3.8, 4) is 0 Å². The van der Waals surface area contributed by atoms with Crippen molar-refractivity contribution in [2.45, 2.75) is 42.8 Å². The molecule has 1 aliphatic rings. The van der Waals surface area contributed by atoms with E-state index in [0.29, 0.717) is 22.8 Å². The van der Waals surface area contributed by atoms with Gasteiger partial charge in [-0.25, -0.2) is 19.3 Å². The second-order valence-electron chi connectivity index (χ2n) is 8.30. The molecule has 0 bridgehead atoms. The normalized spacial score (nSPS) is 14.1. The number of thiocarbonyl (C=S) groups is 1. The fraction of sp³-hybridized carbons (Fsp3) is 0.375. The third-order valence-electron chi connectivity index (χ3n) is 5.60. The summed E-state index contributed by atoms with van der Waals surface area (Å²) in [7, 11) is 0. The van der Waals surface area contributed by atoms with Gasteiger partial charge in [0, 0.05) is 38.1 Å². The van der Waals surface area contributed by atoms with Crippen LogP contribution in [0.2, 0.25) is 0 Å². The van der Waals surface area contributed by atoms with Crippen molar-refractivity contribution < 1.29 is 4.39 Å². The molecule has 2 aromatic heterocycles. The molecule has 0 spiro atoms. The zero-order chi connectivity index (χ0) is 23.8. The largest absolute Gasteiger partial charge is 0.362 e. The fourth-order valence-corrected chi connectivity index (χ4v) is 4.55. The Morgan fingerprint density at radius 1 is 1.15 bits per heavy atom. The molecule has 0 radical (unpaired) electrons. The smallest absolute Gasteiger partial charge is 0.232 e. The molecule has 10 heteroatoms. The lowest BCUT2D eigenvalue weighted by atomic mass is 9.99. The molecule has 1 saturated heterocycles. The van der Waals surface area contributed by atoms with Crippen molar-refractivity contribution in [2.24, 2.45) is 5.92 Å². The Balaban J connectivity index is 1.38. The van der Waals surface area contributed by atoms with Gasteiger partial charge in [-0.3, -0.25) is 0 Å². The van der Waals surface area contributed by atoms with Crippen LogP contribution in [0.4, 0.5) is 16.2 Å². The highest BCUT2D eigenvalue weighted by Crippen LogP contribution is 2.28. The molecule has 178 valence electrons. The van der Waals surface area contributed by atoms with Gasteiger partial charge in [0.05, 0.1) is 0 Å². The maximum absolute atomic E-state index is 13.0. The van der Waals surface area contributed by atoms with Gasteiger partial charge < -0.3 is 15.5 Å². The topological polar surface area (TPSA) is 78.9 Å². The molecule has 3 heterocycles. The van der Waals surface area contributed by atoms with Gasteiger partial charge in [0.2, 0.25) is 5.95 Å². The van der Waals surface area contributed by atoms with Crippen LogP contribution in [-0.4, -0.2) is 44.7 Å². The summed E-state index contributed by atoms with van der Waals surface area (Å²) >= 11 is 6.87. The van der Waals surface area contributed by atoms with Crippen LogP contribution in [0.1, 0.15) is 31.7 Å². The molecule has 34 heavy (non-hydrogen) atoms. The molecule has 0 saturated carbocycles. The van der Waals surface area contributed by atoms with Crippen LogP contribution in [0, 0.1) is 11.7 Å². The van der Waals surface area contributed by atoms with E-state index in [1.54, 1.807) is 18.5 Å². The summed E-state index contributed by atoms with van der Waals surface area (Å²) in [4.78, 5) is 20.3. The second kappa shape index (κ2) is 12.0. The molecule has 1 aliphatic heterocycles. The summed E-state index contributed by atoms with van der Waals surface area (Å²) in [6.07, 6.45) is 7.43. The number of rotatable bonds is 8. The minimum atomic E-state index is -0.218. The van der Waals surface area contributed by atoms with E-state index in [0.717, 1.165) is 61.1 Å². The molecule has 7 nitrogen and oxygen atoms in total. The molecule has 0 aliphatic carbocycles. The first-order valence-electron chi connectivity index (χ1n) is 11.4. The van der Waals surface area contributed by atoms with E-state index >= 15 is 0 Å². The SMILES string of the molecule is CC1CCN(c2cc(Sc3ncccn3)nc(NC(=S)NCCCc3ccc(F)cc3)n2)CC1. The van der Waals surface area contributed by atoms with Crippen LogP contribution >= 0.6 is 24.0 Å². The van der Waals surface area contributed by atoms with E-state index in [2.05, 4.69) is 37.4 Å². The number of hydrogen-bond donors (Lipinski definition) is 2. The molecule has 3 aromatic rings. The van der Waals surface area contributed by atoms with Gasteiger partial charge >= 0.3 is 0 Å². The van der Waals surface area contributed by atoms with Crippen LogP contribution in [0.5, 0.6) is 0 Å². The van der Waals surface area contributed by atoms with Crippen molar-refractivity contribution in [3.63, 3.8) is 0 Å². The number of halogens is 1. The minimum Gasteiger partial charge on any atom is -0.362 e. The monoisotopic (exact) mass is 497 g/mol. The molecular formula is C24H28FN7S2. The van der Waals surface area contributed by atoms with Crippen molar-refractivity contribution in [1.82, 2.24) is 25.3 Å². The van der Waals surface area contributed by atoms with E-state index in [1.807, 2.05) is 18.2 Å². The average Bonchev–Trinajstić information content (AvgIpc) is 2.84. The average molecular weight is 498 g/mol. The Morgan fingerprint density at radius 2 is 1.88 bits per heavy atom. The number of aryl methyl sites for hydroxylation is 1. The summed E-state index contributed by atoms with van der Waals surface area (Å²) in [5.74, 6) is 1.84. The number of anilines is 2. The first-order chi connectivity index (χ1) is 16.5. The van der Waals surface area contributed by atoms with E-state index in [-0.39, 0.29) is 5.82 Å². The first-order valence-corrected chi connectivity index (χ1v) is 12.7. The van der Waals surface area contributed by atoms with Gasteiger partial charge in [-0.05, 0) is 79.3 Å². The van der Waals surface area contributed by atoms with Crippen molar-refractivity contribution >= 4 is 40.9 Å². The molecule has 2 N–H and O–H groups in total. The quantitative estimate of drug-likeness (QED) is 0.199. The number of nitrogens with one attached hydrogen (secondary N) is 2. The Kier molecular flexibility index (Phi) is 8.59. The lowest BCUT2D eigenvalue weighted by Gasteiger charge is -2.31. The molecule has 1 aromatic carbocycles. The number of aromatic nitrogens is 4. The standard InChI is InChI=1S/C24H28FN7S2/c1-17-9-14-32(15-10-17)20-16-21(34-24-27-12-3-13-28-24)30-22(29-20)31-23(33)26-11-2-4-18-5-7-19(25)8-6-18/h3,5-8,12-13,16-17H,2,4,9-11,14-15H2,1H3,(H2,26,29,30,31,33). The van der Waals surface area contributed by atoms with Crippen molar-refractivity contribution in [1.29, 1.82) is 0 Å². The first kappa shape index (κ1) is 24.3. The predicted molar refractivity (Wildman–Crippen MR) is 138 cm³/mol. The molecule has 0 atom stereocenters. The third-order valence-corrected chi connectivity index (χ3v) is 6.66. The summed E-state index contributed by atoms with van der Waals surface area (Å²) in [6.45, 7) is 4.91. The molecular weight excluding hydrogens is 469 g/mol. The van der Waals surface area contributed by atoms with Crippen molar-refractivity contribution in [3.05, 3.63) is 60.2 Å². The fourth-order valence-electron chi connectivity index (χ4n) is 3.64.